The van der Waals surface area contributed by atoms with Gasteiger partial charge in [0.25, 0.3) is 11.8 Å². The number of ether oxygens (including phenoxy) is 1. The molecule has 0 aliphatic carbocycles. The van der Waals surface area contributed by atoms with Gasteiger partial charge in [0.2, 0.25) is 0 Å². The number of aromatic nitrogens is 2. The number of carbonyl (C=O) groups is 1. The van der Waals surface area contributed by atoms with Crippen molar-refractivity contribution in [3.8, 4) is 5.75 Å². The summed E-state index contributed by atoms with van der Waals surface area (Å²) in [5, 5.41) is 4.00. The van der Waals surface area contributed by atoms with Crippen LogP contribution in [0.3, 0.4) is 0 Å². The highest BCUT2D eigenvalue weighted by Gasteiger charge is 2.28. The number of hydrogen-bond donors (Lipinski definition) is 0. The van der Waals surface area contributed by atoms with E-state index in [9.17, 15) is 13.6 Å². The maximum atomic E-state index is 13.6. The lowest BCUT2D eigenvalue weighted by molar-refractivity contribution is 0.0703. The third-order valence-corrected chi connectivity index (χ3v) is 4.82. The van der Waals surface area contributed by atoms with Gasteiger partial charge in [0.15, 0.2) is 24.0 Å². The van der Waals surface area contributed by atoms with Crippen LogP contribution in [0.1, 0.15) is 40.8 Å². The van der Waals surface area contributed by atoms with E-state index in [0.29, 0.717) is 24.5 Å². The van der Waals surface area contributed by atoms with E-state index in [4.69, 9.17) is 9.26 Å². The van der Waals surface area contributed by atoms with Crippen molar-refractivity contribution in [3.63, 3.8) is 0 Å². The zero-order chi connectivity index (χ0) is 20.2. The molecule has 0 spiro atoms. The number of benzene rings is 2. The Balaban J connectivity index is 1.40. The second-order valence-electron chi connectivity index (χ2n) is 6.87. The van der Waals surface area contributed by atoms with Crippen LogP contribution in [0.15, 0.2) is 53.1 Å². The molecule has 150 valence electrons. The zero-order valence-corrected chi connectivity index (χ0v) is 15.6. The standard InChI is InChI=1S/C21H19F2N3O3/c22-16-7-3-5-14(11-16)21(27)26-10-4-6-15(12-26)20-24-19(29-25-20)13-28-18-9-2-1-8-17(18)23/h1-3,5,7-9,11,15H,4,6,10,12-13H2. The van der Waals surface area contributed by atoms with Crippen LogP contribution in [0.5, 0.6) is 5.75 Å². The van der Waals surface area contributed by atoms with E-state index in [2.05, 4.69) is 10.1 Å². The van der Waals surface area contributed by atoms with Crippen molar-refractivity contribution in [2.24, 2.45) is 0 Å². The van der Waals surface area contributed by atoms with E-state index in [-0.39, 0.29) is 30.1 Å². The fourth-order valence-electron chi connectivity index (χ4n) is 3.37. The highest BCUT2D eigenvalue weighted by molar-refractivity contribution is 5.94. The van der Waals surface area contributed by atoms with Crippen LogP contribution in [-0.2, 0) is 6.61 Å². The van der Waals surface area contributed by atoms with Gasteiger partial charge >= 0.3 is 0 Å². The predicted octanol–water partition coefficient (Wildman–Crippen LogP) is 3.95. The fraction of sp³-hybridized carbons (Fsp3) is 0.286. The first-order valence-corrected chi connectivity index (χ1v) is 9.35. The summed E-state index contributed by atoms with van der Waals surface area (Å²) >= 11 is 0. The minimum atomic E-state index is -0.467. The Bertz CT molecular complexity index is 1010. The van der Waals surface area contributed by atoms with Gasteiger partial charge in [0, 0.05) is 24.6 Å². The molecule has 1 atom stereocenters. The first-order chi connectivity index (χ1) is 14.1. The van der Waals surface area contributed by atoms with Crippen LogP contribution in [0, 0.1) is 11.6 Å². The zero-order valence-electron chi connectivity index (χ0n) is 15.6. The molecule has 1 aliphatic rings. The van der Waals surface area contributed by atoms with E-state index in [1.165, 1.54) is 30.3 Å². The van der Waals surface area contributed by atoms with Crippen LogP contribution in [0.4, 0.5) is 8.78 Å². The third-order valence-electron chi connectivity index (χ3n) is 4.82. The van der Waals surface area contributed by atoms with Crippen LogP contribution in [0.2, 0.25) is 0 Å². The Hall–Kier alpha value is -3.29. The lowest BCUT2D eigenvalue weighted by Crippen LogP contribution is -2.39. The monoisotopic (exact) mass is 399 g/mol. The SMILES string of the molecule is O=C(c1cccc(F)c1)N1CCCC(c2noc(COc3ccccc3F)n2)C1. The summed E-state index contributed by atoms with van der Waals surface area (Å²) in [6, 6.07) is 11.7. The lowest BCUT2D eigenvalue weighted by atomic mass is 9.96. The Morgan fingerprint density at radius 3 is 2.90 bits per heavy atom. The number of likely N-dealkylation sites (tertiary alicyclic amines) is 1. The first-order valence-electron chi connectivity index (χ1n) is 9.35. The Morgan fingerprint density at radius 1 is 1.21 bits per heavy atom. The van der Waals surface area contributed by atoms with Crippen molar-refractivity contribution in [2.45, 2.75) is 25.4 Å². The van der Waals surface area contributed by atoms with E-state index >= 15 is 0 Å². The molecule has 3 aromatic rings. The third kappa shape index (κ3) is 4.42. The van der Waals surface area contributed by atoms with Gasteiger partial charge < -0.3 is 14.2 Å². The van der Waals surface area contributed by atoms with E-state index < -0.39 is 11.6 Å². The maximum absolute atomic E-state index is 13.6. The number of hydrogen-bond acceptors (Lipinski definition) is 5. The second kappa shape index (κ2) is 8.38. The maximum Gasteiger partial charge on any atom is 0.264 e. The lowest BCUT2D eigenvalue weighted by Gasteiger charge is -2.31. The summed E-state index contributed by atoms with van der Waals surface area (Å²) in [5.41, 5.74) is 0.317. The van der Waals surface area contributed by atoms with Crippen molar-refractivity contribution in [2.75, 3.05) is 13.1 Å². The van der Waals surface area contributed by atoms with Crippen LogP contribution in [-0.4, -0.2) is 34.0 Å². The first kappa shape index (κ1) is 19.0. The summed E-state index contributed by atoms with van der Waals surface area (Å²) in [6.45, 7) is 0.960. The summed E-state index contributed by atoms with van der Waals surface area (Å²) in [5.74, 6) is -0.399. The Morgan fingerprint density at radius 2 is 2.07 bits per heavy atom. The number of amides is 1. The number of halogens is 2. The molecule has 1 amide bonds. The van der Waals surface area contributed by atoms with Crippen LogP contribution in [0.25, 0.3) is 0 Å². The number of carbonyl (C=O) groups excluding carboxylic acids is 1. The van der Waals surface area contributed by atoms with Gasteiger partial charge in [0.05, 0.1) is 0 Å². The molecule has 2 heterocycles. The molecule has 29 heavy (non-hydrogen) atoms. The van der Waals surface area contributed by atoms with Gasteiger partial charge in [-0.1, -0.05) is 23.4 Å². The molecule has 6 nitrogen and oxygen atoms in total. The van der Waals surface area contributed by atoms with Crippen molar-refractivity contribution >= 4 is 5.91 Å². The molecular weight excluding hydrogens is 380 g/mol. The quantitative estimate of drug-likeness (QED) is 0.650. The minimum Gasteiger partial charge on any atom is -0.481 e. The molecule has 8 heteroatoms. The Labute approximate surface area is 166 Å². The largest absolute Gasteiger partial charge is 0.481 e. The van der Waals surface area contributed by atoms with Crippen LogP contribution >= 0.6 is 0 Å². The molecule has 0 bridgehead atoms. The van der Waals surface area contributed by atoms with Crippen molar-refractivity contribution in [1.29, 1.82) is 0 Å². The van der Waals surface area contributed by atoms with Gasteiger partial charge in [-0.3, -0.25) is 4.79 Å². The molecule has 2 aromatic carbocycles. The van der Waals surface area contributed by atoms with Gasteiger partial charge in [0.1, 0.15) is 5.82 Å². The molecular formula is C21H19F2N3O3. The molecule has 1 aromatic heterocycles. The minimum absolute atomic E-state index is 0.0490. The van der Waals surface area contributed by atoms with Gasteiger partial charge in [-0.2, -0.15) is 4.98 Å². The highest BCUT2D eigenvalue weighted by Crippen LogP contribution is 2.26. The normalized spacial score (nSPS) is 16.6. The van der Waals surface area contributed by atoms with Crippen molar-refractivity contribution < 1.29 is 22.8 Å². The summed E-state index contributed by atoms with van der Waals surface area (Å²) in [7, 11) is 0. The molecule has 1 saturated heterocycles. The number of nitrogens with zero attached hydrogens (tertiary/aromatic N) is 3. The van der Waals surface area contributed by atoms with Gasteiger partial charge in [-0.25, -0.2) is 8.78 Å². The summed E-state index contributed by atoms with van der Waals surface area (Å²) in [4.78, 5) is 18.7. The summed E-state index contributed by atoms with van der Waals surface area (Å²) in [6.07, 6.45) is 1.58. The van der Waals surface area contributed by atoms with Gasteiger partial charge in [-0.05, 0) is 43.2 Å². The topological polar surface area (TPSA) is 68.5 Å². The second-order valence-corrected chi connectivity index (χ2v) is 6.87. The number of rotatable bonds is 5. The van der Waals surface area contributed by atoms with E-state index in [0.717, 1.165) is 12.8 Å². The van der Waals surface area contributed by atoms with Crippen LogP contribution < -0.4 is 4.74 Å². The molecule has 0 N–H and O–H groups in total. The molecule has 4 rings (SSSR count). The highest BCUT2D eigenvalue weighted by atomic mass is 19.1. The molecule has 0 saturated carbocycles. The predicted molar refractivity (Wildman–Crippen MR) is 99.3 cm³/mol. The average Bonchev–Trinajstić information content (AvgIpc) is 3.22. The smallest absolute Gasteiger partial charge is 0.264 e. The fourth-order valence-corrected chi connectivity index (χ4v) is 3.37. The average molecular weight is 399 g/mol. The molecule has 1 unspecified atom stereocenters. The number of piperidine rings is 1. The van der Waals surface area contributed by atoms with Gasteiger partial charge in [-0.15, -0.1) is 0 Å². The van der Waals surface area contributed by atoms with E-state index in [1.54, 1.807) is 23.1 Å². The number of para-hydroxylation sites is 1. The van der Waals surface area contributed by atoms with E-state index in [1.807, 2.05) is 0 Å². The van der Waals surface area contributed by atoms with Crippen molar-refractivity contribution in [1.82, 2.24) is 15.0 Å². The van der Waals surface area contributed by atoms with Crippen molar-refractivity contribution in [3.05, 3.63) is 77.4 Å². The molecule has 0 radical (unpaired) electrons. The molecule has 1 fully saturated rings. The Kier molecular flexibility index (Phi) is 5.50. The molecule has 1 aliphatic heterocycles. The summed E-state index contributed by atoms with van der Waals surface area (Å²) < 4.78 is 37.6.